The molecule has 0 bridgehead atoms. The number of hydrogen-bond donors (Lipinski definition) is 4. The van der Waals surface area contributed by atoms with E-state index in [1.807, 2.05) is 12.5 Å². The zero-order valence-electron chi connectivity index (χ0n) is 14.3. The lowest BCUT2D eigenvalue weighted by Gasteiger charge is -2.15. The van der Waals surface area contributed by atoms with E-state index in [9.17, 15) is 15.3 Å². The molecule has 0 saturated carbocycles. The van der Waals surface area contributed by atoms with E-state index in [0.717, 1.165) is 0 Å². The van der Waals surface area contributed by atoms with E-state index in [4.69, 9.17) is 14.9 Å². The zero-order chi connectivity index (χ0) is 19.0. The van der Waals surface area contributed by atoms with E-state index >= 15 is 0 Å². The normalized spacial score (nSPS) is 25.8. The summed E-state index contributed by atoms with van der Waals surface area (Å²) >= 11 is 2.71. The highest BCUT2D eigenvalue weighted by Gasteiger charge is 2.45. The van der Waals surface area contributed by atoms with Gasteiger partial charge in [0.2, 0.25) is 5.90 Å². The van der Waals surface area contributed by atoms with Gasteiger partial charge in [0, 0.05) is 0 Å². The van der Waals surface area contributed by atoms with Crippen molar-refractivity contribution >= 4 is 40.5 Å². The van der Waals surface area contributed by atoms with Crippen LogP contribution in [0.3, 0.4) is 0 Å². The Hall–Kier alpha value is -1.44. The minimum absolute atomic E-state index is 0.184. The van der Waals surface area contributed by atoms with Crippen LogP contribution in [0.2, 0.25) is 0 Å². The molecule has 3 rings (SSSR count). The molecular weight excluding hydrogens is 382 g/mol. The number of ether oxygens (including phenoxy) is 2. The number of aliphatic hydroxyl groups is 3. The smallest absolute Gasteiger partial charge is 0.234 e. The van der Waals surface area contributed by atoms with Gasteiger partial charge >= 0.3 is 0 Å². The van der Waals surface area contributed by atoms with E-state index in [1.165, 1.54) is 35.3 Å². The number of aromatic nitrogens is 4. The molecule has 1 aliphatic rings. The lowest BCUT2D eigenvalue weighted by Crippen LogP contribution is -2.33. The molecule has 0 aromatic carbocycles. The molecule has 4 N–H and O–H groups in total. The molecule has 142 valence electrons. The van der Waals surface area contributed by atoms with Crippen molar-refractivity contribution < 1.29 is 24.8 Å². The molecule has 10 nitrogen and oxygen atoms in total. The Morgan fingerprint density at radius 3 is 2.54 bits per heavy atom. The first-order chi connectivity index (χ1) is 12.5. The Morgan fingerprint density at radius 1 is 1.27 bits per heavy atom. The van der Waals surface area contributed by atoms with Crippen LogP contribution in [0.4, 0.5) is 0 Å². The second-order valence-corrected chi connectivity index (χ2v) is 7.04. The van der Waals surface area contributed by atoms with E-state index in [-0.39, 0.29) is 11.6 Å². The molecule has 4 atom stereocenters. The summed E-state index contributed by atoms with van der Waals surface area (Å²) in [4.78, 5) is 8.88. The maximum atomic E-state index is 10.3. The van der Waals surface area contributed by atoms with Gasteiger partial charge in [-0.05, 0) is 12.5 Å². The average Bonchev–Trinajstić information content (AvgIpc) is 3.18. The van der Waals surface area contributed by atoms with Crippen molar-refractivity contribution in [3.63, 3.8) is 0 Å². The molecule has 0 amide bonds. The van der Waals surface area contributed by atoms with Crippen molar-refractivity contribution in [2.75, 3.05) is 26.2 Å². The third kappa shape index (κ3) is 3.06. The van der Waals surface area contributed by atoms with Crippen LogP contribution in [0.1, 0.15) is 11.9 Å². The van der Waals surface area contributed by atoms with Crippen molar-refractivity contribution in [1.82, 2.24) is 19.7 Å². The van der Waals surface area contributed by atoms with Crippen molar-refractivity contribution in [3.8, 4) is 0 Å². The van der Waals surface area contributed by atoms with Crippen LogP contribution in [0, 0.1) is 5.41 Å². The molecule has 1 fully saturated rings. The third-order valence-corrected chi connectivity index (χ3v) is 5.28. The van der Waals surface area contributed by atoms with Gasteiger partial charge in [0.1, 0.15) is 23.3 Å². The highest BCUT2D eigenvalue weighted by molar-refractivity contribution is 7.99. The molecule has 2 aromatic heterocycles. The van der Waals surface area contributed by atoms with Gasteiger partial charge in [0.25, 0.3) is 0 Å². The molecule has 1 saturated heterocycles. The lowest BCUT2D eigenvalue weighted by atomic mass is 10.1. The summed E-state index contributed by atoms with van der Waals surface area (Å²) in [5, 5.41) is 43.7. The van der Waals surface area contributed by atoms with Gasteiger partial charge in [0.05, 0.1) is 19.1 Å². The Morgan fingerprint density at radius 2 is 2.00 bits per heavy atom. The number of fused-ring (bicyclic) bond motifs is 1. The first-order valence-electron chi connectivity index (χ1n) is 7.60. The molecule has 0 unspecified atom stereocenters. The highest BCUT2D eigenvalue weighted by Crippen LogP contribution is 2.35. The fraction of sp³-hybridized carbons (Fsp3) is 0.571. The second-order valence-electron chi connectivity index (χ2n) is 5.47. The van der Waals surface area contributed by atoms with Gasteiger partial charge in [-0.2, -0.15) is 5.10 Å². The molecule has 2 aromatic rings. The van der Waals surface area contributed by atoms with Crippen LogP contribution < -0.4 is 0 Å². The number of aliphatic hydroxyl groups excluding tert-OH is 3. The molecular formula is C14H19N5O5S2. The second kappa shape index (κ2) is 7.66. The van der Waals surface area contributed by atoms with Crippen molar-refractivity contribution in [3.05, 3.63) is 5.69 Å². The molecule has 12 heteroatoms. The summed E-state index contributed by atoms with van der Waals surface area (Å²) in [6, 6.07) is 0. The Labute approximate surface area is 157 Å². The van der Waals surface area contributed by atoms with Crippen LogP contribution >= 0.6 is 23.5 Å². The van der Waals surface area contributed by atoms with Crippen LogP contribution in [0.15, 0.2) is 10.2 Å². The summed E-state index contributed by atoms with van der Waals surface area (Å²) in [5.41, 5.74) is 0.553. The van der Waals surface area contributed by atoms with Gasteiger partial charge < -0.3 is 24.8 Å². The SMILES string of the molecule is COC(=N)c1nn([C@@H]2O[C@H](CO)[C@@H](O)[C@H]2O)c2nc(SC)nc(SC)c12. The predicted octanol–water partition coefficient (Wildman–Crippen LogP) is -0.147. The summed E-state index contributed by atoms with van der Waals surface area (Å²) in [6.45, 7) is -0.449. The van der Waals surface area contributed by atoms with Gasteiger partial charge in [-0.25, -0.2) is 14.6 Å². The quantitative estimate of drug-likeness (QED) is 0.175. The average molecular weight is 401 g/mol. The molecule has 3 heterocycles. The van der Waals surface area contributed by atoms with Crippen LogP contribution in [0.5, 0.6) is 0 Å². The van der Waals surface area contributed by atoms with Crippen molar-refractivity contribution in [1.29, 1.82) is 5.41 Å². The van der Waals surface area contributed by atoms with E-state index in [1.54, 1.807) is 0 Å². The Kier molecular flexibility index (Phi) is 5.69. The number of thioether (sulfide) groups is 2. The molecule has 0 radical (unpaired) electrons. The topological polar surface area (TPSA) is 147 Å². The van der Waals surface area contributed by atoms with Crippen LogP contribution in [-0.2, 0) is 9.47 Å². The number of rotatable bonds is 5. The number of nitrogens with one attached hydrogen (secondary N) is 1. The maximum Gasteiger partial charge on any atom is 0.234 e. The third-order valence-electron chi connectivity index (χ3n) is 4.05. The zero-order valence-corrected chi connectivity index (χ0v) is 15.9. The minimum Gasteiger partial charge on any atom is -0.480 e. The first kappa shape index (κ1) is 19.3. The number of nitrogens with zero attached hydrogens (tertiary/aromatic N) is 4. The predicted molar refractivity (Wildman–Crippen MR) is 95.7 cm³/mol. The highest BCUT2D eigenvalue weighted by atomic mass is 32.2. The largest absolute Gasteiger partial charge is 0.480 e. The number of hydrogen-bond acceptors (Lipinski definition) is 11. The summed E-state index contributed by atoms with van der Waals surface area (Å²) in [6.07, 6.45) is -0.919. The Balaban J connectivity index is 2.24. The molecule has 0 spiro atoms. The first-order valence-corrected chi connectivity index (χ1v) is 10.0. The fourth-order valence-electron chi connectivity index (χ4n) is 2.74. The summed E-state index contributed by atoms with van der Waals surface area (Å²) < 4.78 is 11.9. The van der Waals surface area contributed by atoms with Crippen LogP contribution in [0.25, 0.3) is 11.0 Å². The molecule has 1 aliphatic heterocycles. The summed E-state index contributed by atoms with van der Waals surface area (Å²) in [7, 11) is 1.36. The van der Waals surface area contributed by atoms with Gasteiger partial charge in [-0.15, -0.1) is 11.8 Å². The van der Waals surface area contributed by atoms with Gasteiger partial charge in [0.15, 0.2) is 22.7 Å². The molecule has 26 heavy (non-hydrogen) atoms. The standard InChI is InChI=1S/C14H19N5O5S2/c1-23-10(15)7-6-11(16-14(26-3)17-12(6)25-2)19(18-7)13-9(22)8(21)5(4-20)24-13/h5,8-9,13,15,20-22H,4H2,1-3H3/t5-,8-,9-,13-/m1/s1. The van der Waals surface area contributed by atoms with E-state index in [2.05, 4.69) is 15.1 Å². The van der Waals surface area contributed by atoms with Crippen molar-refractivity contribution in [2.24, 2.45) is 0 Å². The monoisotopic (exact) mass is 401 g/mol. The van der Waals surface area contributed by atoms with E-state index < -0.39 is 31.1 Å². The van der Waals surface area contributed by atoms with Gasteiger partial charge in [-0.3, -0.25) is 5.41 Å². The van der Waals surface area contributed by atoms with Crippen molar-refractivity contribution in [2.45, 2.75) is 34.7 Å². The number of methoxy groups -OCH3 is 1. The van der Waals surface area contributed by atoms with Crippen LogP contribution in [-0.4, -0.2) is 85.5 Å². The Bertz CT molecular complexity index is 832. The lowest BCUT2D eigenvalue weighted by molar-refractivity contribution is -0.0567. The summed E-state index contributed by atoms with van der Waals surface area (Å²) in [5.74, 6) is -0.184. The van der Waals surface area contributed by atoms with E-state index in [0.29, 0.717) is 21.2 Å². The van der Waals surface area contributed by atoms with Gasteiger partial charge in [-0.1, -0.05) is 11.8 Å². The fourth-order valence-corrected chi connectivity index (χ4v) is 3.73. The minimum atomic E-state index is -1.31. The molecule has 0 aliphatic carbocycles. The maximum absolute atomic E-state index is 10.3.